The number of fused-ring (bicyclic) bond motifs is 4. The highest BCUT2D eigenvalue weighted by molar-refractivity contribution is 6.33. The fraction of sp³-hybridized carbons (Fsp3) is 0.400. The zero-order chi connectivity index (χ0) is 20.8. The first kappa shape index (κ1) is 20.0. The van der Waals surface area contributed by atoms with Gasteiger partial charge in [0.2, 0.25) is 5.91 Å². The Balaban J connectivity index is 1.45. The Morgan fingerprint density at radius 2 is 1.97 bits per heavy atom. The van der Waals surface area contributed by atoms with E-state index in [1.165, 1.54) is 0 Å². The average molecular weight is 426 g/mol. The molecule has 2 aromatic rings. The lowest BCUT2D eigenvalue weighted by atomic mass is 9.83. The summed E-state index contributed by atoms with van der Waals surface area (Å²) in [5, 5.41) is 2.55. The van der Waals surface area contributed by atoms with Gasteiger partial charge in [0.25, 0.3) is 5.56 Å². The van der Waals surface area contributed by atoms with E-state index < -0.39 is 17.6 Å². The van der Waals surface area contributed by atoms with Crippen LogP contribution in [-0.2, 0) is 17.5 Å². The van der Waals surface area contributed by atoms with E-state index in [4.69, 9.17) is 11.6 Å². The van der Waals surface area contributed by atoms with Gasteiger partial charge in [-0.1, -0.05) is 17.7 Å². The van der Waals surface area contributed by atoms with E-state index in [1.807, 2.05) is 11.0 Å². The molecule has 0 spiro atoms. The quantitative estimate of drug-likeness (QED) is 0.817. The number of hydrogen-bond acceptors (Lipinski definition) is 3. The van der Waals surface area contributed by atoms with Crippen LogP contribution in [-0.4, -0.2) is 35.0 Å². The molecule has 3 heterocycles. The smallest absolute Gasteiger partial charge is 0.324 e. The molecule has 2 aliphatic rings. The summed E-state index contributed by atoms with van der Waals surface area (Å²) in [6, 6.07) is 8.08. The minimum Gasteiger partial charge on any atom is -0.324 e. The van der Waals surface area contributed by atoms with E-state index >= 15 is 0 Å². The SMILES string of the molecule is O=C(CN1CC2CC(C1)c1cccc(=O)n1C2)Nc1cc(C(F)(F)F)ccc1Cl. The molecule has 154 valence electrons. The molecule has 1 amide bonds. The summed E-state index contributed by atoms with van der Waals surface area (Å²) in [4.78, 5) is 26.5. The van der Waals surface area contributed by atoms with Crippen LogP contribution in [0.25, 0.3) is 0 Å². The number of rotatable bonds is 3. The molecular weight excluding hydrogens is 407 g/mol. The minimum absolute atomic E-state index is 0.0115. The van der Waals surface area contributed by atoms with Gasteiger partial charge in [0.15, 0.2) is 0 Å². The van der Waals surface area contributed by atoms with Crippen molar-refractivity contribution in [1.29, 1.82) is 0 Å². The highest BCUT2D eigenvalue weighted by Gasteiger charge is 2.35. The number of carbonyl (C=O) groups excluding carboxylic acids is 1. The Labute approximate surface area is 170 Å². The summed E-state index contributed by atoms with van der Waals surface area (Å²) in [6.45, 7) is 1.93. The first-order chi connectivity index (χ1) is 13.7. The van der Waals surface area contributed by atoms with Crippen LogP contribution in [0.2, 0.25) is 5.02 Å². The maximum Gasteiger partial charge on any atom is 0.416 e. The number of carbonyl (C=O) groups is 1. The van der Waals surface area contributed by atoms with Gasteiger partial charge in [-0.05, 0) is 36.6 Å². The summed E-state index contributed by atoms with van der Waals surface area (Å²) >= 11 is 5.95. The van der Waals surface area contributed by atoms with Crippen molar-refractivity contribution in [3.8, 4) is 0 Å². The summed E-state index contributed by atoms with van der Waals surface area (Å²) < 4.78 is 40.5. The molecule has 2 atom stereocenters. The Morgan fingerprint density at radius 3 is 2.72 bits per heavy atom. The van der Waals surface area contributed by atoms with Crippen LogP contribution in [0.4, 0.5) is 18.9 Å². The number of amides is 1. The fourth-order valence-electron chi connectivity index (χ4n) is 4.31. The fourth-order valence-corrected chi connectivity index (χ4v) is 4.48. The Kier molecular flexibility index (Phi) is 5.16. The second kappa shape index (κ2) is 7.50. The second-order valence-electron chi connectivity index (χ2n) is 7.63. The lowest BCUT2D eigenvalue weighted by Crippen LogP contribution is -2.49. The van der Waals surface area contributed by atoms with Crippen molar-refractivity contribution in [2.45, 2.75) is 25.1 Å². The first-order valence-electron chi connectivity index (χ1n) is 9.29. The lowest BCUT2D eigenvalue weighted by Gasteiger charge is -2.42. The van der Waals surface area contributed by atoms with Crippen molar-refractivity contribution in [2.75, 3.05) is 25.0 Å². The van der Waals surface area contributed by atoms with Gasteiger partial charge < -0.3 is 9.88 Å². The van der Waals surface area contributed by atoms with E-state index in [2.05, 4.69) is 5.32 Å². The monoisotopic (exact) mass is 425 g/mol. The molecular formula is C20H19ClF3N3O2. The van der Waals surface area contributed by atoms with E-state index in [9.17, 15) is 22.8 Å². The third-order valence-corrected chi connectivity index (χ3v) is 5.82. The van der Waals surface area contributed by atoms with Crippen molar-refractivity contribution < 1.29 is 18.0 Å². The zero-order valence-corrected chi connectivity index (χ0v) is 16.1. The average Bonchev–Trinajstić information content (AvgIpc) is 2.63. The van der Waals surface area contributed by atoms with Crippen LogP contribution in [0.1, 0.15) is 23.6 Å². The van der Waals surface area contributed by atoms with Crippen LogP contribution in [0.3, 0.4) is 0 Å². The van der Waals surface area contributed by atoms with Gasteiger partial charge in [-0.3, -0.25) is 14.5 Å². The number of alkyl halides is 3. The summed E-state index contributed by atoms with van der Waals surface area (Å²) in [6.07, 6.45) is -3.55. The number of pyridine rings is 1. The third-order valence-electron chi connectivity index (χ3n) is 5.49. The van der Waals surface area contributed by atoms with Crippen LogP contribution >= 0.6 is 11.6 Å². The number of nitrogens with zero attached hydrogens (tertiary/aromatic N) is 2. The molecule has 0 saturated carbocycles. The number of anilines is 1. The highest BCUT2D eigenvalue weighted by atomic mass is 35.5. The van der Waals surface area contributed by atoms with Gasteiger partial charge in [-0.25, -0.2) is 0 Å². The number of halogens is 4. The molecule has 1 aromatic heterocycles. The Morgan fingerprint density at radius 1 is 1.17 bits per heavy atom. The van der Waals surface area contributed by atoms with Crippen molar-refractivity contribution in [3.05, 3.63) is 63.0 Å². The lowest BCUT2D eigenvalue weighted by molar-refractivity contribution is -0.137. The maximum atomic E-state index is 12.9. The molecule has 2 bridgehead atoms. The van der Waals surface area contributed by atoms with Crippen molar-refractivity contribution in [3.63, 3.8) is 0 Å². The molecule has 1 fully saturated rings. The van der Waals surface area contributed by atoms with Gasteiger partial charge in [0.1, 0.15) is 0 Å². The largest absolute Gasteiger partial charge is 0.416 e. The van der Waals surface area contributed by atoms with Gasteiger partial charge in [-0.15, -0.1) is 0 Å². The number of nitrogens with one attached hydrogen (secondary N) is 1. The second-order valence-corrected chi connectivity index (χ2v) is 8.04. The van der Waals surface area contributed by atoms with E-state index in [0.29, 0.717) is 19.6 Å². The molecule has 2 unspecified atom stereocenters. The van der Waals surface area contributed by atoms with Gasteiger partial charge in [0, 0.05) is 37.3 Å². The van der Waals surface area contributed by atoms with Crippen LogP contribution in [0.5, 0.6) is 0 Å². The summed E-state index contributed by atoms with van der Waals surface area (Å²) in [5.74, 6) is -0.00992. The zero-order valence-electron chi connectivity index (χ0n) is 15.4. The number of benzene rings is 1. The van der Waals surface area contributed by atoms with Gasteiger partial charge >= 0.3 is 6.18 Å². The van der Waals surface area contributed by atoms with E-state index in [-0.39, 0.29) is 34.6 Å². The minimum atomic E-state index is -4.51. The van der Waals surface area contributed by atoms with Crippen molar-refractivity contribution >= 4 is 23.2 Å². The van der Waals surface area contributed by atoms with Crippen LogP contribution in [0, 0.1) is 5.92 Å². The van der Waals surface area contributed by atoms with Gasteiger partial charge in [0.05, 0.1) is 22.8 Å². The van der Waals surface area contributed by atoms with Crippen molar-refractivity contribution in [1.82, 2.24) is 9.47 Å². The maximum absolute atomic E-state index is 12.9. The normalized spacial score (nSPS) is 21.5. The van der Waals surface area contributed by atoms with E-state index in [0.717, 1.165) is 30.3 Å². The Hall–Kier alpha value is -2.32. The predicted molar refractivity (Wildman–Crippen MR) is 103 cm³/mol. The van der Waals surface area contributed by atoms with Crippen LogP contribution < -0.4 is 10.9 Å². The van der Waals surface area contributed by atoms with Gasteiger partial charge in [-0.2, -0.15) is 13.2 Å². The highest BCUT2D eigenvalue weighted by Crippen LogP contribution is 2.35. The summed E-state index contributed by atoms with van der Waals surface area (Å²) in [5.41, 5.74) is 0.0368. The molecule has 1 saturated heterocycles. The van der Waals surface area contributed by atoms with Crippen molar-refractivity contribution in [2.24, 2.45) is 5.92 Å². The number of piperidine rings is 1. The standard InChI is InChI=1S/C20H19ClF3N3O2/c21-15-5-4-14(20(22,23)24)7-16(15)25-18(28)11-26-8-12-6-13(10-26)17-2-1-3-19(29)27(17)9-12/h1-5,7,12-13H,6,8-11H2,(H,25,28). The molecule has 29 heavy (non-hydrogen) atoms. The summed E-state index contributed by atoms with van der Waals surface area (Å²) in [7, 11) is 0. The topological polar surface area (TPSA) is 54.3 Å². The van der Waals surface area contributed by atoms with E-state index in [1.54, 1.807) is 16.7 Å². The molecule has 0 aliphatic carbocycles. The predicted octanol–water partition coefficient (Wildman–Crippen LogP) is 3.58. The molecule has 5 nitrogen and oxygen atoms in total. The third kappa shape index (κ3) is 4.18. The molecule has 1 N–H and O–H groups in total. The Bertz CT molecular complexity index is 1010. The number of hydrogen-bond donors (Lipinski definition) is 1. The number of aromatic nitrogens is 1. The first-order valence-corrected chi connectivity index (χ1v) is 9.67. The molecule has 1 aromatic carbocycles. The van der Waals surface area contributed by atoms with Crippen LogP contribution in [0.15, 0.2) is 41.2 Å². The molecule has 2 aliphatic heterocycles. The molecule has 9 heteroatoms. The molecule has 4 rings (SSSR count). The number of likely N-dealkylation sites (tertiary alicyclic amines) is 1. The molecule has 0 radical (unpaired) electrons.